The molecule has 3 rings (SSSR count). The molecule has 0 bridgehead atoms. The monoisotopic (exact) mass is 372 g/mol. The minimum absolute atomic E-state index is 0.223. The molecule has 1 unspecified atom stereocenters. The van der Waals surface area contributed by atoms with Crippen molar-refractivity contribution >= 4 is 0 Å². The highest BCUT2D eigenvalue weighted by Crippen LogP contribution is 2.16. The van der Waals surface area contributed by atoms with Gasteiger partial charge in [0.25, 0.3) is 0 Å². The van der Waals surface area contributed by atoms with Crippen LogP contribution in [-0.2, 0) is 32.2 Å². The molecule has 1 aliphatic heterocycles. The predicted molar refractivity (Wildman–Crippen MR) is 102 cm³/mol. The van der Waals surface area contributed by atoms with E-state index < -0.39 is 12.2 Å². The van der Waals surface area contributed by atoms with Crippen molar-refractivity contribution in [2.24, 2.45) is 0 Å². The van der Waals surface area contributed by atoms with Gasteiger partial charge in [-0.05, 0) is 17.5 Å². The van der Waals surface area contributed by atoms with Crippen LogP contribution >= 0.6 is 0 Å². The van der Waals surface area contributed by atoms with E-state index in [0.29, 0.717) is 45.9 Å². The van der Waals surface area contributed by atoms with E-state index in [1.807, 2.05) is 60.7 Å². The van der Waals surface area contributed by atoms with Crippen LogP contribution in [0.15, 0.2) is 60.7 Å². The standard InChI is InChI=1S/C22H28O5/c23-20(11-12-22-25-13-14-26-22)21(27-16-19-9-5-2-6-10-19)17-24-15-18-7-3-1-4-8-18/h1-10,20-23H,11-17H2/t20?,21-/m1/s1. The second-order valence-electron chi connectivity index (χ2n) is 6.65. The Morgan fingerprint density at radius 2 is 1.48 bits per heavy atom. The second-order valence-corrected chi connectivity index (χ2v) is 6.65. The van der Waals surface area contributed by atoms with Gasteiger partial charge in [0, 0.05) is 6.42 Å². The lowest BCUT2D eigenvalue weighted by atomic mass is 10.1. The molecule has 146 valence electrons. The quantitative estimate of drug-likeness (QED) is 0.656. The number of aliphatic hydroxyl groups is 1. The van der Waals surface area contributed by atoms with Crippen molar-refractivity contribution in [3.05, 3.63) is 71.8 Å². The van der Waals surface area contributed by atoms with Crippen molar-refractivity contribution < 1.29 is 24.1 Å². The Morgan fingerprint density at radius 3 is 2.11 bits per heavy atom. The molecule has 1 N–H and O–H groups in total. The molecule has 1 saturated heterocycles. The molecule has 5 nitrogen and oxygen atoms in total. The van der Waals surface area contributed by atoms with Crippen molar-refractivity contribution in [3.8, 4) is 0 Å². The van der Waals surface area contributed by atoms with Crippen LogP contribution in [0.25, 0.3) is 0 Å². The van der Waals surface area contributed by atoms with E-state index in [1.165, 1.54) is 0 Å². The van der Waals surface area contributed by atoms with E-state index in [0.717, 1.165) is 11.1 Å². The Hall–Kier alpha value is -1.76. The van der Waals surface area contributed by atoms with E-state index in [1.54, 1.807) is 0 Å². The summed E-state index contributed by atoms with van der Waals surface area (Å²) in [7, 11) is 0. The summed E-state index contributed by atoms with van der Waals surface area (Å²) in [5.41, 5.74) is 2.17. The first-order valence-corrected chi connectivity index (χ1v) is 9.50. The van der Waals surface area contributed by atoms with Gasteiger partial charge in [-0.25, -0.2) is 0 Å². The highest BCUT2D eigenvalue weighted by atomic mass is 16.7. The van der Waals surface area contributed by atoms with Crippen LogP contribution < -0.4 is 0 Å². The average Bonchev–Trinajstić information content (AvgIpc) is 3.24. The molecule has 2 aromatic carbocycles. The van der Waals surface area contributed by atoms with Gasteiger partial charge in [0.05, 0.1) is 39.1 Å². The van der Waals surface area contributed by atoms with Crippen LogP contribution in [0.5, 0.6) is 0 Å². The van der Waals surface area contributed by atoms with Crippen molar-refractivity contribution in [3.63, 3.8) is 0 Å². The third-order valence-electron chi connectivity index (χ3n) is 4.52. The number of ether oxygens (including phenoxy) is 4. The molecule has 0 aliphatic carbocycles. The lowest BCUT2D eigenvalue weighted by Gasteiger charge is -2.24. The van der Waals surface area contributed by atoms with Gasteiger partial charge in [0.1, 0.15) is 6.10 Å². The molecule has 0 amide bonds. The summed E-state index contributed by atoms with van der Waals surface area (Å²) >= 11 is 0. The zero-order chi connectivity index (χ0) is 18.7. The minimum atomic E-state index is -0.641. The Labute approximate surface area is 160 Å². The summed E-state index contributed by atoms with van der Waals surface area (Å²) < 4.78 is 22.7. The second kappa shape index (κ2) is 11.2. The molecule has 1 aliphatic rings. The number of hydrogen-bond acceptors (Lipinski definition) is 5. The zero-order valence-corrected chi connectivity index (χ0v) is 15.5. The first-order chi connectivity index (χ1) is 13.3. The average molecular weight is 372 g/mol. The van der Waals surface area contributed by atoms with Gasteiger partial charge in [-0.15, -0.1) is 0 Å². The SMILES string of the molecule is OC(CCC1OCCO1)[C@@H](COCc1ccccc1)OCc1ccccc1. The number of rotatable bonds is 11. The summed E-state index contributed by atoms with van der Waals surface area (Å²) in [6.45, 7) is 2.50. The maximum atomic E-state index is 10.6. The summed E-state index contributed by atoms with van der Waals surface area (Å²) in [5, 5.41) is 10.6. The number of aliphatic hydroxyl groups excluding tert-OH is 1. The van der Waals surface area contributed by atoms with Gasteiger partial charge in [-0.3, -0.25) is 0 Å². The molecule has 2 aromatic rings. The molecule has 5 heteroatoms. The van der Waals surface area contributed by atoms with Crippen LogP contribution in [0.1, 0.15) is 24.0 Å². The smallest absolute Gasteiger partial charge is 0.157 e. The lowest BCUT2D eigenvalue weighted by Crippen LogP contribution is -2.34. The van der Waals surface area contributed by atoms with Gasteiger partial charge >= 0.3 is 0 Å². The molecule has 1 fully saturated rings. The van der Waals surface area contributed by atoms with E-state index in [-0.39, 0.29) is 6.29 Å². The maximum absolute atomic E-state index is 10.6. The fourth-order valence-electron chi connectivity index (χ4n) is 2.98. The van der Waals surface area contributed by atoms with Crippen LogP contribution in [0, 0.1) is 0 Å². The molecule has 2 atom stereocenters. The molecule has 0 saturated carbocycles. The van der Waals surface area contributed by atoms with Gasteiger partial charge in [-0.2, -0.15) is 0 Å². The van der Waals surface area contributed by atoms with Gasteiger partial charge in [0.2, 0.25) is 0 Å². The summed E-state index contributed by atoms with van der Waals surface area (Å²) in [5.74, 6) is 0. The fraction of sp³-hybridized carbons (Fsp3) is 0.455. The van der Waals surface area contributed by atoms with Crippen LogP contribution in [0.3, 0.4) is 0 Å². The molecule has 27 heavy (non-hydrogen) atoms. The van der Waals surface area contributed by atoms with Crippen molar-refractivity contribution in [2.75, 3.05) is 19.8 Å². The van der Waals surface area contributed by atoms with Gasteiger partial charge in [0.15, 0.2) is 6.29 Å². The predicted octanol–water partition coefficient (Wildman–Crippen LogP) is 3.30. The highest BCUT2D eigenvalue weighted by Gasteiger charge is 2.24. The molecular formula is C22H28O5. The summed E-state index contributed by atoms with van der Waals surface area (Å²) in [6, 6.07) is 19.9. The molecule has 0 radical (unpaired) electrons. The third-order valence-corrected chi connectivity index (χ3v) is 4.52. The number of hydrogen-bond donors (Lipinski definition) is 1. The molecule has 0 spiro atoms. The van der Waals surface area contributed by atoms with Crippen molar-refractivity contribution in [1.29, 1.82) is 0 Å². The lowest BCUT2D eigenvalue weighted by molar-refractivity contribution is -0.103. The first-order valence-electron chi connectivity index (χ1n) is 9.50. The first kappa shape index (κ1) is 20.0. The molecular weight excluding hydrogens is 344 g/mol. The van der Waals surface area contributed by atoms with Crippen LogP contribution in [0.2, 0.25) is 0 Å². The van der Waals surface area contributed by atoms with Crippen molar-refractivity contribution in [2.45, 2.75) is 44.6 Å². The summed E-state index contributed by atoms with van der Waals surface area (Å²) in [4.78, 5) is 0. The van der Waals surface area contributed by atoms with E-state index in [9.17, 15) is 5.11 Å². The summed E-state index contributed by atoms with van der Waals surface area (Å²) in [6.07, 6.45) is -0.0867. The van der Waals surface area contributed by atoms with E-state index >= 15 is 0 Å². The minimum Gasteiger partial charge on any atom is -0.390 e. The highest BCUT2D eigenvalue weighted by molar-refractivity contribution is 5.14. The zero-order valence-electron chi connectivity index (χ0n) is 15.5. The van der Waals surface area contributed by atoms with Crippen LogP contribution in [0.4, 0.5) is 0 Å². The fourth-order valence-corrected chi connectivity index (χ4v) is 2.98. The van der Waals surface area contributed by atoms with Gasteiger partial charge < -0.3 is 24.1 Å². The Bertz CT molecular complexity index is 628. The Kier molecular flexibility index (Phi) is 8.27. The largest absolute Gasteiger partial charge is 0.390 e. The topological polar surface area (TPSA) is 57.2 Å². The Morgan fingerprint density at radius 1 is 0.889 bits per heavy atom. The molecule has 0 aromatic heterocycles. The van der Waals surface area contributed by atoms with Gasteiger partial charge in [-0.1, -0.05) is 60.7 Å². The van der Waals surface area contributed by atoms with E-state index in [4.69, 9.17) is 18.9 Å². The maximum Gasteiger partial charge on any atom is 0.157 e. The normalized spacial score (nSPS) is 17.1. The van der Waals surface area contributed by atoms with Crippen LogP contribution in [-0.4, -0.2) is 43.4 Å². The van der Waals surface area contributed by atoms with E-state index in [2.05, 4.69) is 0 Å². The molecule has 1 heterocycles. The number of benzene rings is 2. The Balaban J connectivity index is 1.49. The third kappa shape index (κ3) is 7.05. The van der Waals surface area contributed by atoms with Crippen molar-refractivity contribution in [1.82, 2.24) is 0 Å².